The molecule has 0 aliphatic carbocycles. The van der Waals surface area contributed by atoms with E-state index in [1.165, 1.54) is 21.9 Å². The number of nitrogens with zero attached hydrogens (tertiary/aromatic N) is 4. The van der Waals surface area contributed by atoms with Crippen molar-refractivity contribution in [3.8, 4) is 0 Å². The fourth-order valence-corrected chi connectivity index (χ4v) is 6.21. The van der Waals surface area contributed by atoms with E-state index in [1.54, 1.807) is 17.4 Å². The van der Waals surface area contributed by atoms with E-state index in [4.69, 9.17) is 0 Å². The van der Waals surface area contributed by atoms with Crippen LogP contribution in [-0.2, 0) is 27.7 Å². The Morgan fingerprint density at radius 3 is 2.14 bits per heavy atom. The fraction of sp³-hybridized carbons (Fsp3) is 0.483. The van der Waals surface area contributed by atoms with Crippen molar-refractivity contribution in [2.24, 2.45) is 0 Å². The van der Waals surface area contributed by atoms with Crippen molar-refractivity contribution in [3.05, 3.63) is 65.0 Å². The second-order valence-electron chi connectivity index (χ2n) is 10.6. The summed E-state index contributed by atoms with van der Waals surface area (Å²) in [6.45, 7) is 6.93. The van der Waals surface area contributed by atoms with Gasteiger partial charge in [0, 0.05) is 62.6 Å². The molecule has 43 heavy (non-hydrogen) atoms. The van der Waals surface area contributed by atoms with Crippen LogP contribution in [0, 0.1) is 5.82 Å². The van der Waals surface area contributed by atoms with Crippen molar-refractivity contribution in [1.82, 2.24) is 20.0 Å². The molecule has 0 bridgehead atoms. The van der Waals surface area contributed by atoms with Gasteiger partial charge in [0.25, 0.3) is 5.91 Å². The van der Waals surface area contributed by atoms with Crippen LogP contribution in [-0.4, -0.2) is 111 Å². The first-order valence-corrected chi connectivity index (χ1v) is 16.0. The Morgan fingerprint density at radius 1 is 0.930 bits per heavy atom. The molecular formula is C29H36F3N5O5S. The second kappa shape index (κ2) is 14.3. The summed E-state index contributed by atoms with van der Waals surface area (Å²) in [5.74, 6) is -3.48. The first-order chi connectivity index (χ1) is 20.5. The van der Waals surface area contributed by atoms with Gasteiger partial charge in [0.1, 0.15) is 5.82 Å². The summed E-state index contributed by atoms with van der Waals surface area (Å²) < 4.78 is 63.9. The number of likely N-dealkylation sites (N-methyl/N-ethyl adjacent to an activating group) is 1. The van der Waals surface area contributed by atoms with Crippen LogP contribution < -0.4 is 10.2 Å². The molecule has 2 aromatic carbocycles. The molecule has 0 radical (unpaired) electrons. The third-order valence-corrected chi connectivity index (χ3v) is 9.35. The summed E-state index contributed by atoms with van der Waals surface area (Å²) in [5.41, 5.74) is 1.51. The molecule has 2 aliphatic heterocycles. The van der Waals surface area contributed by atoms with Crippen molar-refractivity contribution in [2.45, 2.75) is 26.4 Å². The van der Waals surface area contributed by atoms with Crippen LogP contribution in [0.25, 0.3) is 0 Å². The predicted molar refractivity (Wildman–Crippen MR) is 155 cm³/mol. The minimum Gasteiger partial charge on any atom is -0.344 e. The number of rotatable bonds is 10. The highest BCUT2D eigenvalue weighted by molar-refractivity contribution is 7.91. The van der Waals surface area contributed by atoms with Gasteiger partial charge in [0.05, 0.1) is 24.6 Å². The molecule has 4 rings (SSSR count). The maximum absolute atomic E-state index is 15.2. The van der Waals surface area contributed by atoms with E-state index in [-0.39, 0.29) is 42.3 Å². The number of benzene rings is 2. The molecule has 0 saturated carbocycles. The largest absolute Gasteiger partial charge is 0.344 e. The van der Waals surface area contributed by atoms with Crippen molar-refractivity contribution in [3.63, 3.8) is 0 Å². The van der Waals surface area contributed by atoms with E-state index in [0.29, 0.717) is 5.69 Å². The molecule has 0 atom stereocenters. The topological polar surface area (TPSA) is 110 Å². The van der Waals surface area contributed by atoms with E-state index >= 15 is 4.39 Å². The standard InChI is InChI=1S/C29H36F3N5O5S/c1-2-34-9-11-35(12-10-34)19-21-3-7-24(8-4-21)37(29(40)36-13-15-43(41,42)16-14-36)20-23-6-5-22(17-25(23)30)26(38)18-33-28(39)27(31)32/h3-8,17,27H,2,9-16,18-20H2,1H3,(H,33,39). The smallest absolute Gasteiger partial charge is 0.324 e. The number of urea groups is 1. The van der Waals surface area contributed by atoms with Crippen molar-refractivity contribution >= 4 is 33.2 Å². The first-order valence-electron chi connectivity index (χ1n) is 14.1. The third kappa shape index (κ3) is 8.77. The molecule has 10 nitrogen and oxygen atoms in total. The van der Waals surface area contributed by atoms with E-state index in [2.05, 4.69) is 16.7 Å². The number of anilines is 1. The van der Waals surface area contributed by atoms with E-state index in [9.17, 15) is 31.6 Å². The molecule has 14 heteroatoms. The normalized spacial score (nSPS) is 17.6. The summed E-state index contributed by atoms with van der Waals surface area (Å²) in [6, 6.07) is 10.4. The Balaban J connectivity index is 1.51. The number of carbonyl (C=O) groups is 3. The van der Waals surface area contributed by atoms with Gasteiger partial charge in [-0.25, -0.2) is 17.6 Å². The number of nitrogens with one attached hydrogen (secondary N) is 1. The van der Waals surface area contributed by atoms with Crippen LogP contribution in [0.4, 0.5) is 23.7 Å². The maximum atomic E-state index is 15.2. The monoisotopic (exact) mass is 623 g/mol. The molecule has 234 valence electrons. The Morgan fingerprint density at radius 2 is 1.56 bits per heavy atom. The first kappa shape index (κ1) is 32.4. The molecule has 0 unspecified atom stereocenters. The van der Waals surface area contributed by atoms with Crippen LogP contribution in [0.5, 0.6) is 0 Å². The minimum absolute atomic E-state index is 0.0136. The quantitative estimate of drug-likeness (QED) is 0.405. The molecule has 0 spiro atoms. The molecule has 2 heterocycles. The van der Waals surface area contributed by atoms with Crippen LogP contribution >= 0.6 is 0 Å². The number of Topliss-reactive ketones (excluding diaryl/α,β-unsaturated/α-hetero) is 1. The lowest BCUT2D eigenvalue weighted by molar-refractivity contribution is -0.131. The zero-order valence-corrected chi connectivity index (χ0v) is 24.8. The average Bonchev–Trinajstić information content (AvgIpc) is 2.99. The van der Waals surface area contributed by atoms with Crippen LogP contribution in [0.15, 0.2) is 42.5 Å². The summed E-state index contributed by atoms with van der Waals surface area (Å²) in [5, 5.41) is 1.79. The number of hydrogen-bond donors (Lipinski definition) is 1. The summed E-state index contributed by atoms with van der Waals surface area (Å²) in [6.07, 6.45) is -3.28. The van der Waals surface area contributed by atoms with E-state index in [0.717, 1.165) is 50.9 Å². The van der Waals surface area contributed by atoms with Gasteiger partial charge in [-0.15, -0.1) is 0 Å². The van der Waals surface area contributed by atoms with Gasteiger partial charge >= 0.3 is 12.5 Å². The van der Waals surface area contributed by atoms with Gasteiger partial charge < -0.3 is 15.1 Å². The Hall–Kier alpha value is -3.49. The van der Waals surface area contributed by atoms with Crippen LogP contribution in [0.3, 0.4) is 0 Å². The number of hydrogen-bond acceptors (Lipinski definition) is 7. The third-order valence-electron chi connectivity index (χ3n) is 7.74. The summed E-state index contributed by atoms with van der Waals surface area (Å²) >= 11 is 0. The molecule has 2 fully saturated rings. The molecule has 3 amide bonds. The van der Waals surface area contributed by atoms with Gasteiger partial charge in [-0.3, -0.25) is 19.4 Å². The van der Waals surface area contributed by atoms with Crippen LogP contribution in [0.2, 0.25) is 0 Å². The molecule has 0 aromatic heterocycles. The minimum atomic E-state index is -3.28. The molecule has 2 aromatic rings. The lowest BCUT2D eigenvalue weighted by Crippen LogP contribution is -2.49. The highest BCUT2D eigenvalue weighted by Gasteiger charge is 2.30. The number of carbonyl (C=O) groups excluding carboxylic acids is 3. The molecule has 1 N–H and O–H groups in total. The predicted octanol–water partition coefficient (Wildman–Crippen LogP) is 2.38. The summed E-state index contributed by atoms with van der Waals surface area (Å²) in [4.78, 5) is 44.5. The zero-order chi connectivity index (χ0) is 31.1. The average molecular weight is 624 g/mol. The van der Waals surface area contributed by atoms with Crippen molar-refractivity contribution in [2.75, 3.05) is 68.8 Å². The summed E-state index contributed by atoms with van der Waals surface area (Å²) in [7, 11) is -3.24. The highest BCUT2D eigenvalue weighted by atomic mass is 32.2. The van der Waals surface area contributed by atoms with Gasteiger partial charge in [-0.1, -0.05) is 31.2 Å². The Labute approximate surface area is 249 Å². The molecule has 2 aliphatic rings. The van der Waals surface area contributed by atoms with Gasteiger partial charge in [-0.05, 0) is 30.3 Å². The second-order valence-corrected chi connectivity index (χ2v) is 12.9. The van der Waals surface area contributed by atoms with Gasteiger partial charge in [-0.2, -0.15) is 8.78 Å². The Bertz CT molecular complexity index is 1400. The molecule has 2 saturated heterocycles. The number of amides is 3. The number of piperazine rings is 1. The zero-order valence-electron chi connectivity index (χ0n) is 24.0. The van der Waals surface area contributed by atoms with Crippen molar-refractivity contribution < 1.29 is 36.0 Å². The van der Waals surface area contributed by atoms with Gasteiger partial charge in [0.2, 0.25) is 0 Å². The Kier molecular flexibility index (Phi) is 10.8. The van der Waals surface area contributed by atoms with Gasteiger partial charge in [0.15, 0.2) is 15.6 Å². The lowest BCUT2D eigenvalue weighted by Gasteiger charge is -2.34. The number of alkyl halides is 2. The lowest BCUT2D eigenvalue weighted by atomic mass is 10.1. The maximum Gasteiger partial charge on any atom is 0.324 e. The van der Waals surface area contributed by atoms with E-state index < -0.39 is 46.3 Å². The van der Waals surface area contributed by atoms with Crippen molar-refractivity contribution in [1.29, 1.82) is 0 Å². The van der Waals surface area contributed by atoms with Crippen LogP contribution in [0.1, 0.15) is 28.4 Å². The highest BCUT2D eigenvalue weighted by Crippen LogP contribution is 2.24. The number of ketones is 1. The molecular weight excluding hydrogens is 587 g/mol. The van der Waals surface area contributed by atoms with E-state index in [1.807, 2.05) is 12.1 Å². The SMILES string of the molecule is CCN1CCN(Cc2ccc(N(Cc3ccc(C(=O)CNC(=O)C(F)F)cc3F)C(=O)N3CCS(=O)(=O)CC3)cc2)CC1. The number of sulfone groups is 1. The fourth-order valence-electron chi connectivity index (χ4n) is 5.01. The number of halogens is 3.